The summed E-state index contributed by atoms with van der Waals surface area (Å²) in [5.41, 5.74) is 1.83. The fraction of sp³-hybridized carbons (Fsp3) is 0.300. The van der Waals surface area contributed by atoms with E-state index in [1.807, 2.05) is 19.9 Å². The second-order valence-corrected chi connectivity index (χ2v) is 4.32. The Morgan fingerprint density at radius 3 is 2.75 bits per heavy atom. The van der Waals surface area contributed by atoms with Gasteiger partial charge in [-0.05, 0) is 19.9 Å². The number of nitrogens with zero attached hydrogens (tertiary/aromatic N) is 3. The van der Waals surface area contributed by atoms with Crippen molar-refractivity contribution in [2.45, 2.75) is 13.8 Å². The summed E-state index contributed by atoms with van der Waals surface area (Å²) in [7, 11) is 1.53. The zero-order chi connectivity index (χ0) is 11.7. The maximum Gasteiger partial charge on any atom is 0.275 e. The topological polar surface area (TPSA) is 57.0 Å². The van der Waals surface area contributed by atoms with Crippen molar-refractivity contribution in [2.24, 2.45) is 0 Å². The number of rotatable bonds is 3. The largest absolute Gasteiger partial charge is 0.473 e. The number of hydrogen-bond donors (Lipinski definition) is 0. The first-order valence-corrected chi connectivity index (χ1v) is 5.51. The molecule has 2 aromatic heterocycles. The molecule has 6 heteroatoms. The molecule has 0 aliphatic rings. The smallest absolute Gasteiger partial charge is 0.275 e. The summed E-state index contributed by atoms with van der Waals surface area (Å²) in [4.78, 5) is 15.6. The zero-order valence-electron chi connectivity index (χ0n) is 9.22. The van der Waals surface area contributed by atoms with Gasteiger partial charge in [0, 0.05) is 5.69 Å². The van der Waals surface area contributed by atoms with Gasteiger partial charge in [-0.15, -0.1) is 0 Å². The molecule has 0 aromatic carbocycles. The normalized spacial score (nSPS) is 10.4. The number of carbonyl (C=O) groups excluding carboxylic acids is 1. The molecule has 0 amide bonds. The van der Waals surface area contributed by atoms with Crippen LogP contribution in [0.4, 0.5) is 0 Å². The Balaban J connectivity index is 2.58. The van der Waals surface area contributed by atoms with E-state index in [1.165, 1.54) is 18.4 Å². The average molecular weight is 237 g/mol. The molecular weight excluding hydrogens is 226 g/mol. The van der Waals surface area contributed by atoms with E-state index in [-0.39, 0.29) is 0 Å². The molecule has 2 rings (SSSR count). The highest BCUT2D eigenvalue weighted by atomic mass is 32.1. The Labute approximate surface area is 96.7 Å². The van der Waals surface area contributed by atoms with Gasteiger partial charge in [-0.1, -0.05) is 11.3 Å². The van der Waals surface area contributed by atoms with Crippen LogP contribution < -0.4 is 4.74 Å². The molecule has 0 aliphatic carbocycles. The lowest BCUT2D eigenvalue weighted by Crippen LogP contribution is -2.02. The van der Waals surface area contributed by atoms with Crippen LogP contribution in [0, 0.1) is 13.8 Å². The van der Waals surface area contributed by atoms with E-state index in [2.05, 4.69) is 10.1 Å². The third-order valence-electron chi connectivity index (χ3n) is 2.11. The first-order chi connectivity index (χ1) is 7.65. The maximum atomic E-state index is 10.9. The quantitative estimate of drug-likeness (QED) is 0.763. The van der Waals surface area contributed by atoms with Crippen LogP contribution in [-0.4, -0.2) is 28.2 Å². The van der Waals surface area contributed by atoms with Gasteiger partial charge >= 0.3 is 0 Å². The minimum Gasteiger partial charge on any atom is -0.473 e. The van der Waals surface area contributed by atoms with Crippen molar-refractivity contribution in [3.63, 3.8) is 0 Å². The monoisotopic (exact) mass is 237 g/mol. The second-order valence-electron chi connectivity index (χ2n) is 3.33. The standard InChI is InChI=1S/C10H11N3O2S/c1-6-4-7(2)13(12-6)9-8(5-14)16-10(11-9)15-3/h4-5H,1-3H3. The molecular formula is C10H11N3O2S. The minimum absolute atomic E-state index is 0.463. The fourth-order valence-corrected chi connectivity index (χ4v) is 2.14. The molecule has 16 heavy (non-hydrogen) atoms. The molecule has 0 unspecified atom stereocenters. The Morgan fingerprint density at radius 2 is 2.25 bits per heavy atom. The lowest BCUT2D eigenvalue weighted by Gasteiger charge is -1.99. The molecule has 2 heterocycles. The number of thiazole rings is 1. The van der Waals surface area contributed by atoms with Crippen molar-refractivity contribution in [3.8, 4) is 11.0 Å². The number of carbonyl (C=O) groups is 1. The van der Waals surface area contributed by atoms with Crippen LogP contribution in [0.25, 0.3) is 5.82 Å². The van der Waals surface area contributed by atoms with Gasteiger partial charge in [0.2, 0.25) is 0 Å². The summed E-state index contributed by atoms with van der Waals surface area (Å²) in [6.45, 7) is 3.81. The molecule has 5 nitrogen and oxygen atoms in total. The van der Waals surface area contributed by atoms with Crippen molar-refractivity contribution in [1.82, 2.24) is 14.8 Å². The predicted molar refractivity (Wildman–Crippen MR) is 60.6 cm³/mol. The summed E-state index contributed by atoms with van der Waals surface area (Å²) in [6, 6.07) is 1.93. The molecule has 0 radical (unpaired) electrons. The van der Waals surface area contributed by atoms with Crippen LogP contribution in [0.2, 0.25) is 0 Å². The Kier molecular flexibility index (Phi) is 2.74. The average Bonchev–Trinajstić information content (AvgIpc) is 2.81. The third kappa shape index (κ3) is 1.71. The highest BCUT2D eigenvalue weighted by molar-refractivity contribution is 7.15. The molecule has 2 aromatic rings. The molecule has 84 valence electrons. The van der Waals surface area contributed by atoms with E-state index in [0.29, 0.717) is 15.9 Å². The Morgan fingerprint density at radius 1 is 1.50 bits per heavy atom. The number of hydrogen-bond acceptors (Lipinski definition) is 5. The van der Waals surface area contributed by atoms with Gasteiger partial charge in [-0.2, -0.15) is 10.1 Å². The number of methoxy groups -OCH3 is 1. The lowest BCUT2D eigenvalue weighted by atomic mass is 10.4. The van der Waals surface area contributed by atoms with E-state index < -0.39 is 0 Å². The number of aromatic nitrogens is 3. The Hall–Kier alpha value is -1.69. The van der Waals surface area contributed by atoms with Crippen LogP contribution in [0.3, 0.4) is 0 Å². The SMILES string of the molecule is COc1nc(-n2nc(C)cc2C)c(C=O)s1. The van der Waals surface area contributed by atoms with E-state index in [1.54, 1.807) is 4.68 Å². The summed E-state index contributed by atoms with van der Waals surface area (Å²) >= 11 is 1.21. The van der Waals surface area contributed by atoms with Crippen molar-refractivity contribution in [3.05, 3.63) is 22.3 Å². The summed E-state index contributed by atoms with van der Waals surface area (Å²) in [6.07, 6.45) is 0.770. The minimum atomic E-state index is 0.463. The van der Waals surface area contributed by atoms with Crippen molar-refractivity contribution < 1.29 is 9.53 Å². The lowest BCUT2D eigenvalue weighted by molar-refractivity contribution is 0.112. The molecule has 0 atom stereocenters. The summed E-state index contributed by atoms with van der Waals surface area (Å²) in [5.74, 6) is 0.530. The molecule has 0 N–H and O–H groups in total. The number of aryl methyl sites for hydroxylation is 2. The van der Waals surface area contributed by atoms with Crippen molar-refractivity contribution in [1.29, 1.82) is 0 Å². The summed E-state index contributed by atoms with van der Waals surface area (Å²) in [5, 5.41) is 4.75. The zero-order valence-corrected chi connectivity index (χ0v) is 10.0. The van der Waals surface area contributed by atoms with E-state index in [0.717, 1.165) is 17.7 Å². The van der Waals surface area contributed by atoms with Gasteiger partial charge in [0.25, 0.3) is 5.19 Å². The number of ether oxygens (including phenoxy) is 1. The van der Waals surface area contributed by atoms with Gasteiger partial charge in [-0.25, -0.2) is 4.68 Å². The van der Waals surface area contributed by atoms with Gasteiger partial charge < -0.3 is 4.74 Å². The van der Waals surface area contributed by atoms with Crippen LogP contribution >= 0.6 is 11.3 Å². The van der Waals surface area contributed by atoms with Crippen molar-refractivity contribution in [2.75, 3.05) is 7.11 Å². The van der Waals surface area contributed by atoms with E-state index in [4.69, 9.17) is 4.74 Å². The van der Waals surface area contributed by atoms with Gasteiger partial charge in [0.15, 0.2) is 12.1 Å². The molecule has 0 fully saturated rings. The molecule has 0 spiro atoms. The highest BCUT2D eigenvalue weighted by Crippen LogP contribution is 2.26. The fourth-order valence-electron chi connectivity index (χ4n) is 1.46. The third-order valence-corrected chi connectivity index (χ3v) is 3.04. The maximum absolute atomic E-state index is 10.9. The van der Waals surface area contributed by atoms with Gasteiger partial charge in [0.1, 0.15) is 4.88 Å². The molecule has 0 saturated heterocycles. The Bertz CT molecular complexity index is 530. The molecule has 0 bridgehead atoms. The van der Waals surface area contributed by atoms with E-state index in [9.17, 15) is 4.79 Å². The van der Waals surface area contributed by atoms with Crippen LogP contribution in [0.5, 0.6) is 5.19 Å². The predicted octanol–water partition coefficient (Wildman–Crippen LogP) is 1.77. The van der Waals surface area contributed by atoms with E-state index >= 15 is 0 Å². The van der Waals surface area contributed by atoms with Gasteiger partial charge in [0.05, 0.1) is 12.8 Å². The molecule has 0 aliphatic heterocycles. The highest BCUT2D eigenvalue weighted by Gasteiger charge is 2.15. The van der Waals surface area contributed by atoms with Crippen molar-refractivity contribution >= 4 is 17.6 Å². The van der Waals surface area contributed by atoms with Crippen LogP contribution in [0.1, 0.15) is 21.1 Å². The second kappa shape index (κ2) is 4.05. The number of aldehydes is 1. The first-order valence-electron chi connectivity index (χ1n) is 4.69. The molecule has 0 saturated carbocycles. The summed E-state index contributed by atoms with van der Waals surface area (Å²) < 4.78 is 6.66. The van der Waals surface area contributed by atoms with Crippen LogP contribution in [0.15, 0.2) is 6.07 Å². The van der Waals surface area contributed by atoms with Gasteiger partial charge in [-0.3, -0.25) is 4.79 Å². The van der Waals surface area contributed by atoms with Crippen LogP contribution in [-0.2, 0) is 0 Å². The first kappa shape index (κ1) is 10.8.